The molecule has 132 valence electrons. The van der Waals surface area contributed by atoms with Crippen LogP contribution >= 0.6 is 0 Å². The smallest absolute Gasteiger partial charge is 0.277 e. The fourth-order valence-electron chi connectivity index (χ4n) is 2.27. The van der Waals surface area contributed by atoms with Gasteiger partial charge in [-0.3, -0.25) is 4.79 Å². The molecule has 0 bridgehead atoms. The van der Waals surface area contributed by atoms with Crippen LogP contribution in [0, 0.1) is 6.92 Å². The maximum Gasteiger partial charge on any atom is 0.277 e. The highest BCUT2D eigenvalue weighted by Gasteiger charge is 2.05. The summed E-state index contributed by atoms with van der Waals surface area (Å²) in [5, 5.41) is 13.7. The topological polar surface area (TPSA) is 70.9 Å². The molecule has 0 unspecified atom stereocenters. The standard InChI is InChI=1S/C20H24N2O3/c1-4-14(2)16-8-10-18(11-9-16)25-13-19(23)22-21-12-17-7-5-6-15(3)20(17)24/h5-12,14,24H,4,13H2,1-3H3,(H,22,23)/b21-12+/t14-/m1/s1. The molecule has 0 aromatic heterocycles. The van der Waals surface area contributed by atoms with E-state index >= 15 is 0 Å². The molecule has 1 amide bonds. The summed E-state index contributed by atoms with van der Waals surface area (Å²) in [6, 6.07) is 13.1. The summed E-state index contributed by atoms with van der Waals surface area (Å²) in [6.45, 7) is 6.00. The molecule has 2 rings (SSSR count). The van der Waals surface area contributed by atoms with E-state index in [0.717, 1.165) is 12.0 Å². The Bertz CT molecular complexity index is 739. The normalized spacial score (nSPS) is 12.1. The van der Waals surface area contributed by atoms with E-state index in [1.807, 2.05) is 30.3 Å². The number of carbonyl (C=O) groups is 1. The van der Waals surface area contributed by atoms with Crippen molar-refractivity contribution in [3.8, 4) is 11.5 Å². The molecule has 2 N–H and O–H groups in total. The Labute approximate surface area is 148 Å². The zero-order valence-electron chi connectivity index (χ0n) is 14.8. The van der Waals surface area contributed by atoms with Crippen molar-refractivity contribution in [2.45, 2.75) is 33.1 Å². The Balaban J connectivity index is 1.82. The number of hydrazone groups is 1. The molecule has 2 aromatic carbocycles. The second kappa shape index (κ2) is 8.87. The van der Waals surface area contributed by atoms with Crippen LogP contribution in [-0.4, -0.2) is 23.8 Å². The highest BCUT2D eigenvalue weighted by Crippen LogP contribution is 2.21. The molecule has 0 spiro atoms. The molecule has 25 heavy (non-hydrogen) atoms. The molecule has 0 saturated carbocycles. The van der Waals surface area contributed by atoms with Gasteiger partial charge in [-0.1, -0.05) is 38.1 Å². The summed E-state index contributed by atoms with van der Waals surface area (Å²) in [5.74, 6) is 0.930. The largest absolute Gasteiger partial charge is 0.507 e. The summed E-state index contributed by atoms with van der Waals surface area (Å²) in [7, 11) is 0. The molecular formula is C20H24N2O3. The van der Waals surface area contributed by atoms with E-state index in [-0.39, 0.29) is 18.3 Å². The molecule has 0 heterocycles. The first-order valence-corrected chi connectivity index (χ1v) is 8.34. The van der Waals surface area contributed by atoms with Crippen LogP contribution in [0.1, 0.15) is 42.9 Å². The molecule has 0 aliphatic heterocycles. The lowest BCUT2D eigenvalue weighted by atomic mass is 9.99. The number of nitrogens with zero attached hydrogens (tertiary/aromatic N) is 1. The van der Waals surface area contributed by atoms with Gasteiger partial charge in [0.05, 0.1) is 6.21 Å². The van der Waals surface area contributed by atoms with Crippen molar-refractivity contribution >= 4 is 12.1 Å². The minimum absolute atomic E-state index is 0.125. The lowest BCUT2D eigenvalue weighted by Crippen LogP contribution is -2.24. The zero-order chi connectivity index (χ0) is 18.2. The second-order valence-electron chi connectivity index (χ2n) is 5.97. The highest BCUT2D eigenvalue weighted by atomic mass is 16.5. The molecule has 5 heteroatoms. The maximum atomic E-state index is 11.8. The van der Waals surface area contributed by atoms with E-state index in [1.54, 1.807) is 19.1 Å². The van der Waals surface area contributed by atoms with Gasteiger partial charge in [-0.2, -0.15) is 5.10 Å². The number of carbonyl (C=O) groups excluding carboxylic acids is 1. The number of phenols is 1. The summed E-state index contributed by atoms with van der Waals surface area (Å²) in [4.78, 5) is 11.8. The molecule has 0 fully saturated rings. The van der Waals surface area contributed by atoms with E-state index in [4.69, 9.17) is 4.74 Å². The van der Waals surface area contributed by atoms with E-state index in [0.29, 0.717) is 17.2 Å². The predicted molar refractivity (Wildman–Crippen MR) is 99.2 cm³/mol. The van der Waals surface area contributed by atoms with Crippen molar-refractivity contribution < 1.29 is 14.6 Å². The third-order valence-electron chi connectivity index (χ3n) is 4.09. The molecule has 0 aliphatic rings. The molecule has 0 radical (unpaired) electrons. The van der Waals surface area contributed by atoms with Crippen LogP contribution in [0.2, 0.25) is 0 Å². The van der Waals surface area contributed by atoms with E-state index in [2.05, 4.69) is 24.4 Å². The first-order chi connectivity index (χ1) is 12.0. The maximum absolute atomic E-state index is 11.8. The number of nitrogens with one attached hydrogen (secondary N) is 1. The first-order valence-electron chi connectivity index (χ1n) is 8.34. The van der Waals surface area contributed by atoms with Crippen LogP contribution in [0.5, 0.6) is 11.5 Å². The predicted octanol–water partition coefficient (Wildman–Crippen LogP) is 3.74. The van der Waals surface area contributed by atoms with Gasteiger partial charge in [0.2, 0.25) is 0 Å². The van der Waals surface area contributed by atoms with Gasteiger partial charge >= 0.3 is 0 Å². The lowest BCUT2D eigenvalue weighted by Gasteiger charge is -2.10. The third kappa shape index (κ3) is 5.35. The number of rotatable bonds is 7. The van der Waals surface area contributed by atoms with E-state index < -0.39 is 0 Å². The quantitative estimate of drug-likeness (QED) is 0.596. The highest BCUT2D eigenvalue weighted by molar-refractivity contribution is 5.85. The first kappa shape index (κ1) is 18.5. The molecule has 1 atom stereocenters. The Hall–Kier alpha value is -2.82. The summed E-state index contributed by atoms with van der Waals surface area (Å²) < 4.78 is 5.45. The molecule has 5 nitrogen and oxygen atoms in total. The van der Waals surface area contributed by atoms with Crippen molar-refractivity contribution in [3.63, 3.8) is 0 Å². The van der Waals surface area contributed by atoms with Crippen molar-refractivity contribution in [3.05, 3.63) is 59.2 Å². The minimum Gasteiger partial charge on any atom is -0.507 e. The van der Waals surface area contributed by atoms with E-state index in [9.17, 15) is 9.90 Å². The summed E-state index contributed by atoms with van der Waals surface area (Å²) in [6.07, 6.45) is 2.48. The van der Waals surface area contributed by atoms with Crippen LogP contribution in [0.4, 0.5) is 0 Å². The van der Waals surface area contributed by atoms with Crippen LogP contribution in [-0.2, 0) is 4.79 Å². The van der Waals surface area contributed by atoms with Gasteiger partial charge in [0.1, 0.15) is 11.5 Å². The minimum atomic E-state index is -0.366. The Morgan fingerprint density at radius 1 is 1.28 bits per heavy atom. The number of aromatic hydroxyl groups is 1. The fourth-order valence-corrected chi connectivity index (χ4v) is 2.27. The van der Waals surface area contributed by atoms with Gasteiger partial charge in [0.25, 0.3) is 5.91 Å². The van der Waals surface area contributed by atoms with Crippen molar-refractivity contribution in [2.24, 2.45) is 5.10 Å². The third-order valence-corrected chi connectivity index (χ3v) is 4.09. The SMILES string of the molecule is CC[C@@H](C)c1ccc(OCC(=O)N/N=C/c2cccc(C)c2O)cc1. The Kier molecular flexibility index (Phi) is 6.57. The number of phenolic OH excluding ortho intramolecular Hbond substituents is 1. The molecular weight excluding hydrogens is 316 g/mol. The number of ether oxygens (including phenoxy) is 1. The number of amides is 1. The van der Waals surface area contributed by atoms with Gasteiger partial charge < -0.3 is 9.84 Å². The van der Waals surface area contributed by atoms with Gasteiger partial charge in [-0.15, -0.1) is 0 Å². The number of hydrogen-bond acceptors (Lipinski definition) is 4. The van der Waals surface area contributed by atoms with Crippen molar-refractivity contribution in [1.82, 2.24) is 5.43 Å². The van der Waals surface area contributed by atoms with Crippen molar-refractivity contribution in [1.29, 1.82) is 0 Å². The Morgan fingerprint density at radius 2 is 2.00 bits per heavy atom. The Morgan fingerprint density at radius 3 is 2.68 bits per heavy atom. The van der Waals surface area contributed by atoms with Gasteiger partial charge in [0.15, 0.2) is 6.61 Å². The summed E-state index contributed by atoms with van der Waals surface area (Å²) >= 11 is 0. The number of aryl methyl sites for hydroxylation is 1. The van der Waals surface area contributed by atoms with Crippen LogP contribution in [0.3, 0.4) is 0 Å². The number of benzene rings is 2. The van der Waals surface area contributed by atoms with Gasteiger partial charge in [-0.05, 0) is 48.6 Å². The van der Waals surface area contributed by atoms with Crippen molar-refractivity contribution in [2.75, 3.05) is 6.61 Å². The average molecular weight is 340 g/mol. The van der Waals surface area contributed by atoms with Gasteiger partial charge in [0, 0.05) is 5.56 Å². The molecule has 2 aromatic rings. The van der Waals surface area contributed by atoms with Crippen LogP contribution in [0.25, 0.3) is 0 Å². The zero-order valence-corrected chi connectivity index (χ0v) is 14.8. The van der Waals surface area contributed by atoms with Crippen LogP contribution in [0.15, 0.2) is 47.6 Å². The monoisotopic (exact) mass is 340 g/mol. The van der Waals surface area contributed by atoms with Crippen LogP contribution < -0.4 is 10.2 Å². The average Bonchev–Trinajstić information content (AvgIpc) is 2.63. The van der Waals surface area contributed by atoms with E-state index in [1.165, 1.54) is 11.8 Å². The summed E-state index contributed by atoms with van der Waals surface area (Å²) in [5.41, 5.74) is 4.93. The molecule has 0 aliphatic carbocycles. The second-order valence-corrected chi connectivity index (χ2v) is 5.97. The number of para-hydroxylation sites is 1. The van der Waals surface area contributed by atoms with Gasteiger partial charge in [-0.25, -0.2) is 5.43 Å². The molecule has 0 saturated heterocycles. The number of hydrogen-bond donors (Lipinski definition) is 2. The lowest BCUT2D eigenvalue weighted by molar-refractivity contribution is -0.123. The fraction of sp³-hybridized carbons (Fsp3) is 0.300.